The van der Waals surface area contributed by atoms with E-state index in [4.69, 9.17) is 0 Å². The van der Waals surface area contributed by atoms with Crippen LogP contribution in [-0.2, 0) is 6.54 Å². The van der Waals surface area contributed by atoms with Crippen LogP contribution in [0.4, 0.5) is 22.7 Å². The first-order valence-corrected chi connectivity index (χ1v) is 15.6. The van der Waals surface area contributed by atoms with E-state index in [1.807, 2.05) is 0 Å². The van der Waals surface area contributed by atoms with E-state index in [9.17, 15) is 0 Å². The van der Waals surface area contributed by atoms with Gasteiger partial charge in [0.2, 0.25) is 0 Å². The van der Waals surface area contributed by atoms with E-state index in [0.29, 0.717) is 0 Å². The van der Waals surface area contributed by atoms with Crippen molar-refractivity contribution in [2.24, 2.45) is 4.99 Å². The Labute approximate surface area is 259 Å². The topological polar surface area (TPSA) is 30.9 Å². The van der Waals surface area contributed by atoms with Crippen LogP contribution in [0.2, 0.25) is 0 Å². The fraction of sp³-hybridized carbons (Fsp3) is 0.308. The van der Waals surface area contributed by atoms with E-state index in [1.165, 1.54) is 40.8 Å². The van der Waals surface area contributed by atoms with E-state index >= 15 is 0 Å². The van der Waals surface area contributed by atoms with Gasteiger partial charge in [0.25, 0.3) is 0 Å². The number of aliphatic imine (C=N–C) groups is 1. The summed E-state index contributed by atoms with van der Waals surface area (Å²) in [6, 6.07) is 30.5. The maximum atomic E-state index is 4.51. The summed E-state index contributed by atoms with van der Waals surface area (Å²) in [6.07, 6.45) is 4.56. The standard InChI is InChI=1S/C39H48N4/c1-8-10-24-41-36-18-14-13-17-35(36)33-22-20-32(21-23-33)28-43(25-11-9-2)38-27-34(26-30(4)39(38)40-6)31(5)42(7)37-19-15-12-16-29(37)3/h12-23,26-27,41H,5-6,8-11,24-25,28H2,1-4,7H3. The van der Waals surface area contributed by atoms with Crippen molar-refractivity contribution in [1.29, 1.82) is 0 Å². The Hall–Kier alpha value is -4.31. The summed E-state index contributed by atoms with van der Waals surface area (Å²) in [5, 5.41) is 3.62. The first-order chi connectivity index (χ1) is 20.9. The number of para-hydroxylation sites is 2. The van der Waals surface area contributed by atoms with E-state index in [1.54, 1.807) is 0 Å². The molecule has 0 heterocycles. The molecule has 0 aliphatic rings. The van der Waals surface area contributed by atoms with Gasteiger partial charge >= 0.3 is 0 Å². The molecule has 0 radical (unpaired) electrons. The summed E-state index contributed by atoms with van der Waals surface area (Å²) in [7, 11) is 2.09. The molecule has 0 aromatic heterocycles. The molecule has 4 aromatic rings. The Morgan fingerprint density at radius 3 is 2.21 bits per heavy atom. The van der Waals surface area contributed by atoms with Crippen molar-refractivity contribution >= 4 is 35.2 Å². The summed E-state index contributed by atoms with van der Waals surface area (Å²) >= 11 is 0. The lowest BCUT2D eigenvalue weighted by molar-refractivity contribution is 0.716. The zero-order chi connectivity index (χ0) is 30.8. The molecule has 224 valence electrons. The fourth-order valence-corrected chi connectivity index (χ4v) is 5.59. The third kappa shape index (κ3) is 7.75. The lowest BCUT2D eigenvalue weighted by Crippen LogP contribution is -2.24. The molecule has 4 aromatic carbocycles. The van der Waals surface area contributed by atoms with Crippen LogP contribution in [0.5, 0.6) is 0 Å². The number of nitrogens with one attached hydrogen (secondary N) is 1. The molecular formula is C39H48N4. The van der Waals surface area contributed by atoms with Gasteiger partial charge in [-0.3, -0.25) is 4.99 Å². The number of hydrogen-bond acceptors (Lipinski definition) is 4. The lowest BCUT2D eigenvalue weighted by Gasteiger charge is -2.29. The van der Waals surface area contributed by atoms with Gasteiger partial charge in [0, 0.05) is 49.3 Å². The minimum absolute atomic E-state index is 0.794. The molecule has 1 N–H and O–H groups in total. The van der Waals surface area contributed by atoms with Crippen LogP contribution >= 0.6 is 0 Å². The molecule has 43 heavy (non-hydrogen) atoms. The summed E-state index contributed by atoms with van der Waals surface area (Å²) in [5.41, 5.74) is 12.5. The summed E-state index contributed by atoms with van der Waals surface area (Å²) in [5.74, 6) is 0. The summed E-state index contributed by atoms with van der Waals surface area (Å²) in [6.45, 7) is 19.9. The number of nitrogens with zero attached hydrogens (tertiary/aromatic N) is 3. The monoisotopic (exact) mass is 572 g/mol. The Morgan fingerprint density at radius 2 is 1.51 bits per heavy atom. The second-order valence-corrected chi connectivity index (χ2v) is 11.4. The van der Waals surface area contributed by atoms with Crippen LogP contribution in [0.15, 0.2) is 96.5 Å². The molecule has 0 unspecified atom stereocenters. The molecule has 0 aliphatic carbocycles. The molecule has 0 bridgehead atoms. The highest BCUT2D eigenvalue weighted by molar-refractivity contribution is 5.84. The molecule has 0 spiro atoms. The van der Waals surface area contributed by atoms with Gasteiger partial charge < -0.3 is 15.1 Å². The number of hydrogen-bond donors (Lipinski definition) is 1. The highest BCUT2D eigenvalue weighted by atomic mass is 15.1. The number of aryl methyl sites for hydroxylation is 2. The largest absolute Gasteiger partial charge is 0.385 e. The van der Waals surface area contributed by atoms with Crippen molar-refractivity contribution in [3.63, 3.8) is 0 Å². The zero-order valence-electron chi connectivity index (χ0n) is 26.8. The van der Waals surface area contributed by atoms with Crippen LogP contribution < -0.4 is 15.1 Å². The predicted octanol–water partition coefficient (Wildman–Crippen LogP) is 10.4. The van der Waals surface area contributed by atoms with Crippen LogP contribution in [0.25, 0.3) is 16.8 Å². The molecule has 0 aliphatic heterocycles. The second-order valence-electron chi connectivity index (χ2n) is 11.4. The SMILES string of the molecule is C=Nc1c(C)cc(C(=C)N(C)c2ccccc2C)cc1N(CCCC)Cc1ccc(-c2ccccc2NCCCC)cc1. The van der Waals surface area contributed by atoms with Crippen LogP contribution in [0.1, 0.15) is 61.8 Å². The van der Waals surface area contributed by atoms with Gasteiger partial charge in [-0.05, 0) is 85.5 Å². The van der Waals surface area contributed by atoms with Gasteiger partial charge in [-0.2, -0.15) is 0 Å². The van der Waals surface area contributed by atoms with E-state index in [-0.39, 0.29) is 0 Å². The second kappa shape index (κ2) is 15.2. The van der Waals surface area contributed by atoms with Crippen molar-refractivity contribution in [2.75, 3.05) is 35.3 Å². The van der Waals surface area contributed by atoms with Crippen LogP contribution in [0.3, 0.4) is 0 Å². The maximum absolute atomic E-state index is 4.51. The number of rotatable bonds is 15. The average molecular weight is 573 g/mol. The normalized spacial score (nSPS) is 10.8. The molecule has 4 heteroatoms. The number of unbranched alkanes of at least 4 members (excludes halogenated alkanes) is 2. The van der Waals surface area contributed by atoms with Gasteiger partial charge in [-0.25, -0.2) is 0 Å². The molecule has 4 rings (SSSR count). The first-order valence-electron chi connectivity index (χ1n) is 15.6. The van der Waals surface area contributed by atoms with Gasteiger partial charge in [0.1, 0.15) is 0 Å². The molecule has 0 atom stereocenters. The maximum Gasteiger partial charge on any atom is 0.0885 e. The smallest absolute Gasteiger partial charge is 0.0885 e. The molecule has 0 amide bonds. The highest BCUT2D eigenvalue weighted by Crippen LogP contribution is 2.38. The third-order valence-corrected chi connectivity index (χ3v) is 8.19. The molecule has 4 nitrogen and oxygen atoms in total. The Kier molecular flexibility index (Phi) is 11.2. The molecule has 0 fully saturated rings. The molecule has 0 saturated heterocycles. The van der Waals surface area contributed by atoms with E-state index < -0.39 is 0 Å². The average Bonchev–Trinajstić information content (AvgIpc) is 3.03. The molecular weight excluding hydrogens is 524 g/mol. The number of benzene rings is 4. The van der Waals surface area contributed by atoms with Gasteiger partial charge in [0.15, 0.2) is 0 Å². The summed E-state index contributed by atoms with van der Waals surface area (Å²) in [4.78, 5) is 9.15. The van der Waals surface area contributed by atoms with E-state index in [2.05, 4.69) is 153 Å². The Morgan fingerprint density at radius 1 is 0.814 bits per heavy atom. The minimum atomic E-state index is 0.794. The predicted molar refractivity (Wildman–Crippen MR) is 190 cm³/mol. The van der Waals surface area contributed by atoms with Crippen molar-refractivity contribution in [3.8, 4) is 11.1 Å². The van der Waals surface area contributed by atoms with Gasteiger partial charge in [0.05, 0.1) is 11.4 Å². The zero-order valence-corrected chi connectivity index (χ0v) is 26.8. The molecule has 0 saturated carbocycles. The Balaban J connectivity index is 1.64. The van der Waals surface area contributed by atoms with Gasteiger partial charge in [-0.1, -0.05) is 93.9 Å². The quantitative estimate of drug-likeness (QED) is 0.114. The highest BCUT2D eigenvalue weighted by Gasteiger charge is 2.18. The van der Waals surface area contributed by atoms with Crippen molar-refractivity contribution < 1.29 is 0 Å². The van der Waals surface area contributed by atoms with Crippen LogP contribution in [-0.4, -0.2) is 26.9 Å². The van der Waals surface area contributed by atoms with E-state index in [0.717, 1.165) is 66.4 Å². The van der Waals surface area contributed by atoms with Crippen molar-refractivity contribution in [2.45, 2.75) is 59.9 Å². The van der Waals surface area contributed by atoms with Gasteiger partial charge in [-0.15, -0.1) is 0 Å². The summed E-state index contributed by atoms with van der Waals surface area (Å²) < 4.78 is 0. The van der Waals surface area contributed by atoms with Crippen molar-refractivity contribution in [1.82, 2.24) is 0 Å². The Bertz CT molecular complexity index is 1520. The number of anilines is 3. The lowest BCUT2D eigenvalue weighted by atomic mass is 10.0. The third-order valence-electron chi connectivity index (χ3n) is 8.19. The minimum Gasteiger partial charge on any atom is -0.385 e. The first kappa shape index (κ1) is 31.6. The fourth-order valence-electron chi connectivity index (χ4n) is 5.59. The van der Waals surface area contributed by atoms with Crippen molar-refractivity contribution in [3.05, 3.63) is 114 Å². The van der Waals surface area contributed by atoms with Crippen LogP contribution in [0, 0.1) is 13.8 Å².